The molecule has 1 N–H and O–H groups in total. The molecule has 0 aliphatic heterocycles. The predicted molar refractivity (Wildman–Crippen MR) is 84.6 cm³/mol. The Balaban J connectivity index is 2.73. The third-order valence-corrected chi connectivity index (χ3v) is 2.72. The lowest BCUT2D eigenvalue weighted by Crippen LogP contribution is -2.39. The van der Waals surface area contributed by atoms with E-state index in [0.29, 0.717) is 6.42 Å². The van der Waals surface area contributed by atoms with Gasteiger partial charge in [-0.1, -0.05) is 18.2 Å². The highest BCUT2D eigenvalue weighted by atomic mass is 16.6. The minimum absolute atomic E-state index is 0.317. The van der Waals surface area contributed by atoms with Gasteiger partial charge in [0, 0.05) is 6.08 Å². The lowest BCUT2D eigenvalue weighted by atomic mass is 10.1. The van der Waals surface area contributed by atoms with Gasteiger partial charge in [-0.25, -0.2) is 4.79 Å². The van der Waals surface area contributed by atoms with E-state index in [0.717, 1.165) is 11.3 Å². The van der Waals surface area contributed by atoms with E-state index in [-0.39, 0.29) is 6.04 Å². The third-order valence-electron chi connectivity index (χ3n) is 2.72. The van der Waals surface area contributed by atoms with E-state index in [2.05, 4.69) is 5.32 Å². The molecule has 0 aliphatic rings. The minimum atomic E-state index is -0.562. The molecule has 0 fully saturated rings. The predicted octanol–water partition coefficient (Wildman–Crippen LogP) is 3.21. The third kappa shape index (κ3) is 6.80. The first-order chi connectivity index (χ1) is 10.3. The number of nitrogens with zero attached hydrogens (tertiary/aromatic N) is 1. The van der Waals surface area contributed by atoms with Crippen LogP contribution < -0.4 is 10.1 Å². The average molecular weight is 302 g/mol. The van der Waals surface area contributed by atoms with Crippen molar-refractivity contribution in [3.63, 3.8) is 0 Å². The van der Waals surface area contributed by atoms with Gasteiger partial charge in [0.1, 0.15) is 11.4 Å². The number of ether oxygens (including phenoxy) is 2. The zero-order chi connectivity index (χ0) is 16.6. The van der Waals surface area contributed by atoms with Crippen LogP contribution in [0, 0.1) is 11.3 Å². The summed E-state index contributed by atoms with van der Waals surface area (Å²) in [6, 6.07) is 9.16. The number of methoxy groups -OCH3 is 1. The van der Waals surface area contributed by atoms with Crippen molar-refractivity contribution in [1.29, 1.82) is 5.26 Å². The number of nitriles is 1. The number of nitrogens with one attached hydrogen (secondary N) is 1. The molecule has 1 aromatic carbocycles. The molecule has 0 heterocycles. The van der Waals surface area contributed by atoms with Crippen molar-refractivity contribution in [3.8, 4) is 11.8 Å². The lowest BCUT2D eigenvalue weighted by molar-refractivity contribution is 0.0514. The van der Waals surface area contributed by atoms with E-state index in [4.69, 9.17) is 14.7 Å². The fourth-order valence-corrected chi connectivity index (χ4v) is 1.80. The van der Waals surface area contributed by atoms with Gasteiger partial charge in [0.15, 0.2) is 0 Å². The molecular formula is C17H22N2O3. The Morgan fingerprint density at radius 3 is 2.50 bits per heavy atom. The van der Waals surface area contributed by atoms with Gasteiger partial charge >= 0.3 is 6.09 Å². The van der Waals surface area contributed by atoms with Crippen LogP contribution >= 0.6 is 0 Å². The molecule has 0 radical (unpaired) electrons. The first kappa shape index (κ1) is 17.6. The van der Waals surface area contributed by atoms with Crippen molar-refractivity contribution in [2.24, 2.45) is 0 Å². The number of benzene rings is 1. The lowest BCUT2D eigenvalue weighted by Gasteiger charge is -2.22. The molecule has 1 rings (SSSR count). The number of allylic oxidation sites excluding steroid dienone is 1. The van der Waals surface area contributed by atoms with Gasteiger partial charge in [-0.3, -0.25) is 0 Å². The number of carbonyl (C=O) groups is 1. The van der Waals surface area contributed by atoms with E-state index in [1.165, 1.54) is 6.08 Å². The van der Waals surface area contributed by atoms with Gasteiger partial charge in [0.25, 0.3) is 0 Å². The Morgan fingerprint density at radius 2 is 2.00 bits per heavy atom. The number of amides is 1. The number of alkyl carbamates (subject to hydrolysis) is 1. The second-order valence-corrected chi connectivity index (χ2v) is 5.79. The summed E-state index contributed by atoms with van der Waals surface area (Å²) in [5.74, 6) is 0.771. The van der Waals surface area contributed by atoms with Crippen molar-refractivity contribution in [3.05, 3.63) is 42.0 Å². The van der Waals surface area contributed by atoms with E-state index >= 15 is 0 Å². The maximum absolute atomic E-state index is 11.9. The molecule has 1 unspecified atom stereocenters. The average Bonchev–Trinajstić information content (AvgIpc) is 2.43. The first-order valence-corrected chi connectivity index (χ1v) is 7.03. The number of hydrogen-bond donors (Lipinski definition) is 1. The Labute approximate surface area is 131 Å². The summed E-state index contributed by atoms with van der Waals surface area (Å²) >= 11 is 0. The monoisotopic (exact) mass is 302 g/mol. The van der Waals surface area contributed by atoms with Crippen LogP contribution in [0.1, 0.15) is 26.3 Å². The topological polar surface area (TPSA) is 71.3 Å². The van der Waals surface area contributed by atoms with Crippen LogP contribution in [0.25, 0.3) is 0 Å². The summed E-state index contributed by atoms with van der Waals surface area (Å²) in [7, 11) is 1.61. The van der Waals surface area contributed by atoms with Crippen LogP contribution in [-0.2, 0) is 11.2 Å². The SMILES string of the molecule is COc1ccc(CC(/C=C/C#N)NC(=O)OC(C)(C)C)cc1. The van der Waals surface area contributed by atoms with E-state index in [9.17, 15) is 4.79 Å². The molecule has 0 spiro atoms. The largest absolute Gasteiger partial charge is 0.497 e. The van der Waals surface area contributed by atoms with Gasteiger partial charge < -0.3 is 14.8 Å². The van der Waals surface area contributed by atoms with E-state index in [1.54, 1.807) is 34.0 Å². The van der Waals surface area contributed by atoms with E-state index in [1.807, 2.05) is 30.3 Å². The fourth-order valence-electron chi connectivity index (χ4n) is 1.80. The van der Waals surface area contributed by atoms with Crippen LogP contribution in [0.2, 0.25) is 0 Å². The summed E-state index contributed by atoms with van der Waals surface area (Å²) in [6.45, 7) is 5.41. The Kier molecular flexibility index (Phi) is 6.46. The van der Waals surface area contributed by atoms with E-state index < -0.39 is 11.7 Å². The molecule has 5 nitrogen and oxygen atoms in total. The molecule has 0 aliphatic carbocycles. The fraction of sp³-hybridized carbons (Fsp3) is 0.412. The maximum atomic E-state index is 11.9. The molecule has 1 atom stereocenters. The quantitative estimate of drug-likeness (QED) is 0.848. The Hall–Kier alpha value is -2.48. The zero-order valence-corrected chi connectivity index (χ0v) is 13.4. The summed E-state index contributed by atoms with van der Waals surface area (Å²) < 4.78 is 10.3. The highest BCUT2D eigenvalue weighted by Crippen LogP contribution is 2.13. The van der Waals surface area contributed by atoms with Gasteiger partial charge in [-0.15, -0.1) is 0 Å². The normalized spacial score (nSPS) is 12.5. The van der Waals surface area contributed by atoms with Crippen molar-refractivity contribution in [2.45, 2.75) is 38.8 Å². The maximum Gasteiger partial charge on any atom is 0.408 e. The van der Waals surface area contributed by atoms with Gasteiger partial charge in [-0.2, -0.15) is 5.26 Å². The molecule has 0 aromatic heterocycles. The minimum Gasteiger partial charge on any atom is -0.497 e. The molecule has 5 heteroatoms. The second-order valence-electron chi connectivity index (χ2n) is 5.79. The molecule has 118 valence electrons. The van der Waals surface area contributed by atoms with Crippen LogP contribution in [0.5, 0.6) is 5.75 Å². The molecule has 22 heavy (non-hydrogen) atoms. The van der Waals surface area contributed by atoms with Crippen molar-refractivity contribution in [2.75, 3.05) is 7.11 Å². The summed E-state index contributed by atoms with van der Waals surface area (Å²) in [5, 5.41) is 11.4. The number of carbonyl (C=O) groups excluding carboxylic acids is 1. The van der Waals surface area contributed by atoms with Crippen molar-refractivity contribution in [1.82, 2.24) is 5.32 Å². The molecule has 1 amide bonds. The molecule has 0 bridgehead atoms. The first-order valence-electron chi connectivity index (χ1n) is 7.03. The molecular weight excluding hydrogens is 280 g/mol. The Bertz CT molecular complexity index is 551. The van der Waals surface area contributed by atoms with Crippen LogP contribution in [-0.4, -0.2) is 24.8 Å². The summed E-state index contributed by atoms with van der Waals surface area (Å²) in [4.78, 5) is 11.9. The number of rotatable bonds is 5. The van der Waals surface area contributed by atoms with Crippen molar-refractivity contribution < 1.29 is 14.3 Å². The van der Waals surface area contributed by atoms with Crippen LogP contribution in [0.4, 0.5) is 4.79 Å². The molecule has 1 aromatic rings. The van der Waals surface area contributed by atoms with Gasteiger partial charge in [-0.05, 0) is 44.9 Å². The van der Waals surface area contributed by atoms with Crippen LogP contribution in [0.15, 0.2) is 36.4 Å². The Morgan fingerprint density at radius 1 is 1.36 bits per heavy atom. The zero-order valence-electron chi connectivity index (χ0n) is 13.4. The van der Waals surface area contributed by atoms with Crippen LogP contribution in [0.3, 0.4) is 0 Å². The van der Waals surface area contributed by atoms with Crippen molar-refractivity contribution >= 4 is 6.09 Å². The second kappa shape index (κ2) is 8.08. The summed E-state index contributed by atoms with van der Waals surface area (Å²) in [6.07, 6.45) is 3.05. The van der Waals surface area contributed by atoms with Gasteiger partial charge in [0.05, 0.1) is 19.2 Å². The smallest absolute Gasteiger partial charge is 0.408 e. The molecule has 0 saturated heterocycles. The van der Waals surface area contributed by atoms with Gasteiger partial charge in [0.2, 0.25) is 0 Å². The summed E-state index contributed by atoms with van der Waals surface area (Å²) in [5.41, 5.74) is 0.456. The standard InChI is InChI=1S/C17H22N2O3/c1-17(2,3)22-16(20)19-14(6-5-11-18)12-13-7-9-15(21-4)10-8-13/h5-10,14H,12H2,1-4H3,(H,19,20)/b6-5+. The number of hydrogen-bond acceptors (Lipinski definition) is 4. The molecule has 0 saturated carbocycles. The highest BCUT2D eigenvalue weighted by molar-refractivity contribution is 5.68. The highest BCUT2D eigenvalue weighted by Gasteiger charge is 2.18.